The summed E-state index contributed by atoms with van der Waals surface area (Å²) in [6, 6.07) is 6.37. The number of amides is 1. The van der Waals surface area contributed by atoms with Crippen molar-refractivity contribution in [1.82, 2.24) is 5.32 Å². The number of nitrogens with zero attached hydrogens (tertiary/aromatic N) is 1. The number of thioether (sulfide) groups is 1. The van der Waals surface area contributed by atoms with Gasteiger partial charge in [0.2, 0.25) is 5.91 Å². The second-order valence-corrected chi connectivity index (χ2v) is 6.05. The Morgan fingerprint density at radius 2 is 2.11 bits per heavy atom. The van der Waals surface area contributed by atoms with E-state index >= 15 is 0 Å². The van der Waals surface area contributed by atoms with Crippen molar-refractivity contribution < 1.29 is 4.79 Å². The molecule has 1 atom stereocenters. The number of hydrogen-bond donors (Lipinski definition) is 2. The van der Waals surface area contributed by atoms with Crippen molar-refractivity contribution in [3.05, 3.63) is 18.2 Å². The van der Waals surface area contributed by atoms with Crippen LogP contribution in [0.5, 0.6) is 0 Å². The molecular weight excluding hydrogens is 246 g/mol. The van der Waals surface area contributed by atoms with Crippen molar-refractivity contribution in [3.63, 3.8) is 0 Å². The fourth-order valence-corrected chi connectivity index (χ4v) is 3.25. The molecule has 96 valence electrons. The van der Waals surface area contributed by atoms with E-state index in [4.69, 9.17) is 0 Å². The molecule has 18 heavy (non-hydrogen) atoms. The van der Waals surface area contributed by atoms with Gasteiger partial charge in [-0.15, -0.1) is 11.8 Å². The van der Waals surface area contributed by atoms with Crippen molar-refractivity contribution in [2.45, 2.75) is 17.1 Å². The van der Waals surface area contributed by atoms with Crippen LogP contribution in [0.25, 0.3) is 0 Å². The molecule has 0 saturated carbocycles. The molecule has 0 bridgehead atoms. The Morgan fingerprint density at radius 3 is 2.89 bits per heavy atom. The Labute approximate surface area is 111 Å². The van der Waals surface area contributed by atoms with Crippen molar-refractivity contribution in [2.24, 2.45) is 0 Å². The second-order valence-electron chi connectivity index (χ2n) is 4.67. The molecule has 1 amide bonds. The Hall–Kier alpha value is -1.20. The van der Waals surface area contributed by atoms with E-state index in [0.29, 0.717) is 0 Å². The van der Waals surface area contributed by atoms with E-state index in [1.165, 1.54) is 10.6 Å². The molecular formula is C13H17N3OS. The first kappa shape index (κ1) is 11.9. The Kier molecular flexibility index (Phi) is 3.18. The van der Waals surface area contributed by atoms with Gasteiger partial charge in [-0.25, -0.2) is 0 Å². The number of piperazine rings is 1. The first-order chi connectivity index (χ1) is 8.74. The highest BCUT2D eigenvalue weighted by Gasteiger charge is 2.23. The maximum atomic E-state index is 11.7. The van der Waals surface area contributed by atoms with Crippen molar-refractivity contribution >= 4 is 29.0 Å². The lowest BCUT2D eigenvalue weighted by atomic mass is 10.2. The first-order valence-electron chi connectivity index (χ1n) is 6.31. The molecule has 1 saturated heterocycles. The minimum Gasteiger partial charge on any atom is -0.369 e. The SMILES string of the molecule is CC1Sc2ccc(N3CCNCC3)cc2NC1=O. The van der Waals surface area contributed by atoms with E-state index in [2.05, 4.69) is 33.7 Å². The summed E-state index contributed by atoms with van der Waals surface area (Å²) in [4.78, 5) is 15.2. The topological polar surface area (TPSA) is 44.4 Å². The van der Waals surface area contributed by atoms with Gasteiger partial charge < -0.3 is 15.5 Å². The quantitative estimate of drug-likeness (QED) is 0.806. The van der Waals surface area contributed by atoms with Crippen molar-refractivity contribution in [2.75, 3.05) is 36.4 Å². The number of benzene rings is 1. The zero-order valence-electron chi connectivity index (χ0n) is 10.4. The molecule has 4 nitrogen and oxygen atoms in total. The van der Waals surface area contributed by atoms with Gasteiger partial charge in [0.25, 0.3) is 0 Å². The van der Waals surface area contributed by atoms with Crippen molar-refractivity contribution in [1.29, 1.82) is 0 Å². The summed E-state index contributed by atoms with van der Waals surface area (Å²) < 4.78 is 0. The number of rotatable bonds is 1. The minimum atomic E-state index is 0.00235. The van der Waals surface area contributed by atoms with Crippen LogP contribution in [0.2, 0.25) is 0 Å². The number of carbonyl (C=O) groups excluding carboxylic acids is 1. The van der Waals surface area contributed by atoms with Gasteiger partial charge in [-0.05, 0) is 25.1 Å². The third-order valence-corrected chi connectivity index (χ3v) is 4.55. The van der Waals surface area contributed by atoms with Gasteiger partial charge in [-0.3, -0.25) is 4.79 Å². The predicted octanol–water partition coefficient (Wildman–Crippen LogP) is 1.53. The highest BCUT2D eigenvalue weighted by atomic mass is 32.2. The highest BCUT2D eigenvalue weighted by molar-refractivity contribution is 8.00. The molecule has 2 N–H and O–H groups in total. The molecule has 5 heteroatoms. The average molecular weight is 263 g/mol. The Morgan fingerprint density at radius 1 is 1.33 bits per heavy atom. The summed E-state index contributed by atoms with van der Waals surface area (Å²) in [6.45, 7) is 6.03. The molecule has 0 aromatic heterocycles. The van der Waals surface area contributed by atoms with Crippen molar-refractivity contribution in [3.8, 4) is 0 Å². The second kappa shape index (κ2) is 4.82. The van der Waals surface area contributed by atoms with E-state index in [-0.39, 0.29) is 11.2 Å². The minimum absolute atomic E-state index is 0.00235. The standard InChI is InChI=1S/C13H17N3OS/c1-9-13(17)15-11-8-10(2-3-12(11)18-9)16-6-4-14-5-7-16/h2-3,8-9,14H,4-7H2,1H3,(H,15,17). The van der Waals surface area contributed by atoms with Gasteiger partial charge in [0, 0.05) is 36.8 Å². The fraction of sp³-hybridized carbons (Fsp3) is 0.462. The molecule has 0 spiro atoms. The maximum absolute atomic E-state index is 11.7. The molecule has 2 aliphatic heterocycles. The van der Waals surface area contributed by atoms with Crippen LogP contribution in [0.1, 0.15) is 6.92 Å². The first-order valence-corrected chi connectivity index (χ1v) is 7.19. The van der Waals surface area contributed by atoms with E-state index in [1.807, 2.05) is 6.92 Å². The number of anilines is 2. The van der Waals surface area contributed by atoms with Gasteiger partial charge in [0.05, 0.1) is 10.9 Å². The molecule has 3 rings (SSSR count). The molecule has 0 aliphatic carbocycles. The predicted molar refractivity (Wildman–Crippen MR) is 75.5 cm³/mol. The van der Waals surface area contributed by atoms with E-state index < -0.39 is 0 Å². The molecule has 0 radical (unpaired) electrons. The van der Waals surface area contributed by atoms with Gasteiger partial charge in [-0.2, -0.15) is 0 Å². The lowest BCUT2D eigenvalue weighted by Gasteiger charge is -2.31. The summed E-state index contributed by atoms with van der Waals surface area (Å²) in [6.07, 6.45) is 0. The summed E-state index contributed by atoms with van der Waals surface area (Å²) in [5.74, 6) is 0.102. The zero-order chi connectivity index (χ0) is 12.5. The van der Waals surface area contributed by atoms with Crippen LogP contribution >= 0.6 is 11.8 Å². The van der Waals surface area contributed by atoms with Gasteiger partial charge in [0.15, 0.2) is 0 Å². The van der Waals surface area contributed by atoms with Crippen LogP contribution in [0.4, 0.5) is 11.4 Å². The van der Waals surface area contributed by atoms with E-state index in [9.17, 15) is 4.79 Å². The summed E-state index contributed by atoms with van der Waals surface area (Å²) in [7, 11) is 0. The van der Waals surface area contributed by atoms with Gasteiger partial charge >= 0.3 is 0 Å². The van der Waals surface area contributed by atoms with Crippen LogP contribution in [-0.2, 0) is 4.79 Å². The summed E-state index contributed by atoms with van der Waals surface area (Å²) in [5.41, 5.74) is 2.16. The number of fused-ring (bicyclic) bond motifs is 1. The zero-order valence-corrected chi connectivity index (χ0v) is 11.2. The number of hydrogen-bond acceptors (Lipinski definition) is 4. The Balaban J connectivity index is 1.86. The Bertz CT molecular complexity index is 471. The average Bonchev–Trinajstić information content (AvgIpc) is 2.41. The number of nitrogens with one attached hydrogen (secondary N) is 2. The van der Waals surface area contributed by atoms with Crippen LogP contribution < -0.4 is 15.5 Å². The van der Waals surface area contributed by atoms with Crippen LogP contribution in [0.3, 0.4) is 0 Å². The normalized spacial score (nSPS) is 23.5. The van der Waals surface area contributed by atoms with Crippen LogP contribution in [0, 0.1) is 0 Å². The highest BCUT2D eigenvalue weighted by Crippen LogP contribution is 2.37. The smallest absolute Gasteiger partial charge is 0.237 e. The molecule has 1 aromatic carbocycles. The third-order valence-electron chi connectivity index (χ3n) is 3.38. The lowest BCUT2D eigenvalue weighted by molar-refractivity contribution is -0.115. The fourth-order valence-electron chi connectivity index (χ4n) is 2.32. The third kappa shape index (κ3) is 2.20. The van der Waals surface area contributed by atoms with E-state index in [1.54, 1.807) is 11.8 Å². The van der Waals surface area contributed by atoms with Crippen LogP contribution in [0.15, 0.2) is 23.1 Å². The molecule has 1 unspecified atom stereocenters. The lowest BCUT2D eigenvalue weighted by Crippen LogP contribution is -2.43. The maximum Gasteiger partial charge on any atom is 0.237 e. The largest absolute Gasteiger partial charge is 0.369 e. The number of carbonyl (C=O) groups is 1. The van der Waals surface area contributed by atoms with Gasteiger partial charge in [-0.1, -0.05) is 0 Å². The molecule has 1 aromatic rings. The summed E-state index contributed by atoms with van der Waals surface area (Å²) >= 11 is 1.63. The van der Waals surface area contributed by atoms with Gasteiger partial charge in [0.1, 0.15) is 0 Å². The molecule has 1 fully saturated rings. The summed E-state index contributed by atoms with van der Waals surface area (Å²) in [5, 5.41) is 6.33. The van der Waals surface area contributed by atoms with E-state index in [0.717, 1.165) is 31.9 Å². The molecule has 2 heterocycles. The van der Waals surface area contributed by atoms with Crippen LogP contribution in [-0.4, -0.2) is 37.3 Å². The monoisotopic (exact) mass is 263 g/mol. The molecule has 2 aliphatic rings.